The van der Waals surface area contributed by atoms with Crippen molar-refractivity contribution in [2.24, 2.45) is 0 Å². The van der Waals surface area contributed by atoms with Crippen LogP contribution in [0.4, 0.5) is 10.3 Å². The number of methoxy groups -OCH3 is 1. The van der Waals surface area contributed by atoms with Gasteiger partial charge in [0.15, 0.2) is 0 Å². The lowest BCUT2D eigenvalue weighted by Crippen LogP contribution is -2.46. The van der Waals surface area contributed by atoms with E-state index in [1.165, 1.54) is 12.1 Å². The Bertz CT molecular complexity index is 910. The van der Waals surface area contributed by atoms with Gasteiger partial charge in [0.05, 0.1) is 13.7 Å². The van der Waals surface area contributed by atoms with E-state index in [4.69, 9.17) is 9.15 Å². The van der Waals surface area contributed by atoms with Crippen molar-refractivity contribution in [3.63, 3.8) is 0 Å². The number of ether oxygens (including phenoxy) is 1. The molecule has 0 unspecified atom stereocenters. The Kier molecular flexibility index (Phi) is 4.93. The highest BCUT2D eigenvalue weighted by molar-refractivity contribution is 5.52. The first-order chi connectivity index (χ1) is 13.2. The third kappa shape index (κ3) is 4.03. The lowest BCUT2D eigenvalue weighted by Gasteiger charge is -2.33. The van der Waals surface area contributed by atoms with Gasteiger partial charge < -0.3 is 14.1 Å². The Balaban J connectivity index is 1.35. The minimum atomic E-state index is -0.330. The van der Waals surface area contributed by atoms with Crippen molar-refractivity contribution in [2.45, 2.75) is 6.54 Å². The minimum Gasteiger partial charge on any atom is -0.481 e. The summed E-state index contributed by atoms with van der Waals surface area (Å²) in [6, 6.07) is 7.85. The topological polar surface area (TPSA) is 80.4 Å². The van der Waals surface area contributed by atoms with Crippen LogP contribution in [0.15, 0.2) is 40.9 Å². The summed E-state index contributed by atoms with van der Waals surface area (Å²) >= 11 is 0. The van der Waals surface area contributed by atoms with Gasteiger partial charge in [-0.2, -0.15) is 4.98 Å². The van der Waals surface area contributed by atoms with E-state index in [1.807, 2.05) is 0 Å². The highest BCUT2D eigenvalue weighted by Gasteiger charge is 2.21. The Morgan fingerprint density at radius 3 is 2.78 bits per heavy atom. The van der Waals surface area contributed by atoms with Crippen molar-refractivity contribution in [3.05, 3.63) is 48.2 Å². The second-order valence-corrected chi connectivity index (χ2v) is 6.17. The molecule has 8 nitrogen and oxygen atoms in total. The zero-order valence-electron chi connectivity index (χ0n) is 14.9. The Morgan fingerprint density at radius 1 is 1.15 bits per heavy atom. The van der Waals surface area contributed by atoms with Gasteiger partial charge in [-0.05, 0) is 18.2 Å². The summed E-state index contributed by atoms with van der Waals surface area (Å²) in [4.78, 5) is 13.0. The first-order valence-corrected chi connectivity index (χ1v) is 8.64. The molecule has 4 rings (SSSR count). The number of benzene rings is 1. The molecule has 0 bridgehead atoms. The summed E-state index contributed by atoms with van der Waals surface area (Å²) in [6.07, 6.45) is 1.69. The Labute approximate surface area is 155 Å². The molecule has 0 aliphatic carbocycles. The van der Waals surface area contributed by atoms with Crippen LogP contribution in [0.1, 0.15) is 5.89 Å². The van der Waals surface area contributed by atoms with Gasteiger partial charge in [-0.3, -0.25) is 4.90 Å². The molecular formula is C18H19FN6O2. The molecule has 1 aliphatic heterocycles. The van der Waals surface area contributed by atoms with E-state index in [9.17, 15) is 4.39 Å². The van der Waals surface area contributed by atoms with Crippen LogP contribution in [0.25, 0.3) is 11.5 Å². The molecule has 140 valence electrons. The largest absolute Gasteiger partial charge is 0.481 e. The van der Waals surface area contributed by atoms with Gasteiger partial charge >= 0.3 is 0 Å². The maximum atomic E-state index is 13.3. The lowest BCUT2D eigenvalue weighted by atomic mass is 10.2. The van der Waals surface area contributed by atoms with E-state index in [0.717, 1.165) is 26.2 Å². The highest BCUT2D eigenvalue weighted by Crippen LogP contribution is 2.20. The van der Waals surface area contributed by atoms with Crippen molar-refractivity contribution in [2.75, 3.05) is 38.2 Å². The molecule has 1 aromatic carbocycles. The molecule has 1 saturated heterocycles. The fraction of sp³-hybridized carbons (Fsp3) is 0.333. The normalized spacial score (nSPS) is 15.1. The molecule has 1 fully saturated rings. The molecule has 0 radical (unpaired) electrons. The summed E-state index contributed by atoms with van der Waals surface area (Å²) in [5.41, 5.74) is 0.578. The average Bonchev–Trinajstić information content (AvgIpc) is 3.17. The smallest absolute Gasteiger partial charge is 0.247 e. The van der Waals surface area contributed by atoms with Crippen LogP contribution in [-0.4, -0.2) is 58.4 Å². The van der Waals surface area contributed by atoms with Crippen molar-refractivity contribution in [3.8, 4) is 17.3 Å². The standard InChI is InChI=1S/C18H19FN6O2/c1-26-15-5-6-20-18(21-15)25-9-7-24(8-10-25)12-16-22-23-17(27-16)13-3-2-4-14(19)11-13/h2-6,11H,7-10,12H2,1H3. The van der Waals surface area contributed by atoms with Gasteiger partial charge in [0.25, 0.3) is 0 Å². The number of piperazine rings is 1. The zero-order valence-corrected chi connectivity index (χ0v) is 14.9. The van der Waals surface area contributed by atoms with E-state index in [-0.39, 0.29) is 5.82 Å². The molecule has 2 aromatic heterocycles. The summed E-state index contributed by atoms with van der Waals surface area (Å²) in [5, 5.41) is 8.10. The lowest BCUT2D eigenvalue weighted by molar-refractivity contribution is 0.226. The second-order valence-electron chi connectivity index (χ2n) is 6.17. The number of halogens is 1. The van der Waals surface area contributed by atoms with Gasteiger partial charge in [-0.15, -0.1) is 10.2 Å². The van der Waals surface area contributed by atoms with Gasteiger partial charge in [0.1, 0.15) is 5.82 Å². The van der Waals surface area contributed by atoms with Crippen LogP contribution in [0, 0.1) is 5.82 Å². The first kappa shape index (κ1) is 17.3. The summed E-state index contributed by atoms with van der Waals surface area (Å²) in [5.74, 6) is 1.73. The molecular weight excluding hydrogens is 351 g/mol. The molecule has 0 amide bonds. The van der Waals surface area contributed by atoms with Crippen molar-refractivity contribution in [1.82, 2.24) is 25.1 Å². The molecule has 3 aromatic rings. The predicted octanol–water partition coefficient (Wildman–Crippen LogP) is 2.00. The maximum absolute atomic E-state index is 13.3. The van der Waals surface area contributed by atoms with Crippen LogP contribution in [0.2, 0.25) is 0 Å². The molecule has 0 atom stereocenters. The molecule has 3 heterocycles. The van der Waals surface area contributed by atoms with E-state index in [1.54, 1.807) is 31.5 Å². The molecule has 0 N–H and O–H groups in total. The molecule has 1 aliphatic rings. The van der Waals surface area contributed by atoms with Crippen LogP contribution in [0.5, 0.6) is 5.88 Å². The van der Waals surface area contributed by atoms with E-state index >= 15 is 0 Å². The number of aromatic nitrogens is 4. The summed E-state index contributed by atoms with van der Waals surface area (Å²) in [6.45, 7) is 3.77. The van der Waals surface area contributed by atoms with Crippen molar-refractivity contribution < 1.29 is 13.5 Å². The summed E-state index contributed by atoms with van der Waals surface area (Å²) in [7, 11) is 1.59. The molecule has 0 saturated carbocycles. The second kappa shape index (κ2) is 7.67. The average molecular weight is 370 g/mol. The SMILES string of the molecule is COc1ccnc(N2CCN(Cc3nnc(-c4cccc(F)c4)o3)CC2)n1. The Morgan fingerprint density at radius 2 is 2.00 bits per heavy atom. The van der Waals surface area contributed by atoms with Gasteiger partial charge in [-0.25, -0.2) is 9.37 Å². The Hall–Kier alpha value is -3.07. The van der Waals surface area contributed by atoms with Crippen LogP contribution < -0.4 is 9.64 Å². The molecule has 9 heteroatoms. The maximum Gasteiger partial charge on any atom is 0.247 e. The monoisotopic (exact) mass is 370 g/mol. The van der Waals surface area contributed by atoms with Crippen molar-refractivity contribution in [1.29, 1.82) is 0 Å². The van der Waals surface area contributed by atoms with Crippen LogP contribution in [0.3, 0.4) is 0 Å². The van der Waals surface area contributed by atoms with E-state index < -0.39 is 0 Å². The van der Waals surface area contributed by atoms with E-state index in [2.05, 4.69) is 30.0 Å². The van der Waals surface area contributed by atoms with Crippen LogP contribution in [-0.2, 0) is 6.54 Å². The van der Waals surface area contributed by atoms with E-state index in [0.29, 0.717) is 35.7 Å². The quantitative estimate of drug-likeness (QED) is 0.675. The molecule has 0 spiro atoms. The van der Waals surface area contributed by atoms with Gasteiger partial charge in [-0.1, -0.05) is 6.07 Å². The first-order valence-electron chi connectivity index (χ1n) is 8.64. The minimum absolute atomic E-state index is 0.327. The third-order valence-corrected chi connectivity index (χ3v) is 4.38. The number of hydrogen-bond acceptors (Lipinski definition) is 8. The number of hydrogen-bond donors (Lipinski definition) is 0. The fourth-order valence-electron chi connectivity index (χ4n) is 2.95. The third-order valence-electron chi connectivity index (χ3n) is 4.38. The van der Waals surface area contributed by atoms with Gasteiger partial charge in [0, 0.05) is 44.0 Å². The predicted molar refractivity (Wildman–Crippen MR) is 95.8 cm³/mol. The number of rotatable bonds is 5. The molecule has 27 heavy (non-hydrogen) atoms. The summed E-state index contributed by atoms with van der Waals surface area (Å²) < 4.78 is 24.2. The van der Waals surface area contributed by atoms with Gasteiger partial charge in [0.2, 0.25) is 23.6 Å². The highest BCUT2D eigenvalue weighted by atomic mass is 19.1. The number of anilines is 1. The zero-order chi connectivity index (χ0) is 18.6. The van der Waals surface area contributed by atoms with Crippen molar-refractivity contribution >= 4 is 5.95 Å². The van der Waals surface area contributed by atoms with Crippen LogP contribution >= 0.6 is 0 Å². The number of nitrogens with zero attached hydrogens (tertiary/aromatic N) is 6. The fourth-order valence-corrected chi connectivity index (χ4v) is 2.95.